The summed E-state index contributed by atoms with van der Waals surface area (Å²) in [5.74, 6) is -0.0691. The lowest BCUT2D eigenvalue weighted by atomic mass is 10.2. The first-order valence-corrected chi connectivity index (χ1v) is 7.27. The van der Waals surface area contributed by atoms with Crippen LogP contribution in [-0.4, -0.2) is 5.91 Å². The summed E-state index contributed by atoms with van der Waals surface area (Å²) in [7, 11) is 0. The second-order valence-electron chi connectivity index (χ2n) is 4.36. The van der Waals surface area contributed by atoms with Crippen molar-refractivity contribution in [3.63, 3.8) is 0 Å². The van der Waals surface area contributed by atoms with Crippen LogP contribution in [0.2, 0.25) is 5.02 Å². The van der Waals surface area contributed by atoms with E-state index in [1.54, 1.807) is 0 Å². The van der Waals surface area contributed by atoms with E-state index in [1.165, 1.54) is 6.92 Å². The molecule has 2 N–H and O–H groups in total. The summed E-state index contributed by atoms with van der Waals surface area (Å²) in [6.45, 7) is 2.19. The van der Waals surface area contributed by atoms with Crippen LogP contribution in [0.25, 0.3) is 0 Å². The Labute approximate surface area is 131 Å². The summed E-state index contributed by atoms with van der Waals surface area (Å²) < 4.78 is 0.879. The van der Waals surface area contributed by atoms with Crippen LogP contribution in [0.15, 0.2) is 46.9 Å². The highest BCUT2D eigenvalue weighted by atomic mass is 79.9. The number of rotatable bonds is 4. The van der Waals surface area contributed by atoms with E-state index in [1.807, 2.05) is 42.5 Å². The van der Waals surface area contributed by atoms with Crippen molar-refractivity contribution in [3.8, 4) is 0 Å². The minimum Gasteiger partial charge on any atom is -0.381 e. The second-order valence-corrected chi connectivity index (χ2v) is 5.62. The predicted octanol–water partition coefficient (Wildman–Crippen LogP) is 4.67. The van der Waals surface area contributed by atoms with Crippen LogP contribution in [0.3, 0.4) is 0 Å². The molecule has 104 valence electrons. The molecule has 2 rings (SSSR count). The van der Waals surface area contributed by atoms with E-state index in [9.17, 15) is 4.79 Å². The van der Waals surface area contributed by atoms with E-state index >= 15 is 0 Å². The van der Waals surface area contributed by atoms with Gasteiger partial charge in [0.1, 0.15) is 0 Å². The zero-order valence-electron chi connectivity index (χ0n) is 10.9. The quantitative estimate of drug-likeness (QED) is 0.838. The number of hydrogen-bond acceptors (Lipinski definition) is 2. The second kappa shape index (κ2) is 6.77. The van der Waals surface area contributed by atoms with Gasteiger partial charge >= 0.3 is 0 Å². The van der Waals surface area contributed by atoms with Gasteiger partial charge in [0.2, 0.25) is 5.91 Å². The largest absolute Gasteiger partial charge is 0.381 e. The van der Waals surface area contributed by atoms with E-state index in [2.05, 4.69) is 26.6 Å². The van der Waals surface area contributed by atoms with Gasteiger partial charge in [0.05, 0.1) is 5.02 Å². The number of hydrogen-bond donors (Lipinski definition) is 2. The zero-order chi connectivity index (χ0) is 14.5. The topological polar surface area (TPSA) is 41.1 Å². The number of carbonyl (C=O) groups is 1. The van der Waals surface area contributed by atoms with Crippen molar-refractivity contribution in [1.82, 2.24) is 0 Å². The molecule has 5 heteroatoms. The van der Waals surface area contributed by atoms with Gasteiger partial charge in [0.15, 0.2) is 0 Å². The molecule has 0 saturated carbocycles. The Kier molecular flexibility index (Phi) is 5.04. The van der Waals surface area contributed by atoms with Crippen molar-refractivity contribution in [2.24, 2.45) is 0 Å². The molecule has 2 aromatic carbocycles. The van der Waals surface area contributed by atoms with Gasteiger partial charge in [-0.3, -0.25) is 4.79 Å². The lowest BCUT2D eigenvalue weighted by Gasteiger charge is -2.08. The Bertz CT molecular complexity index is 614. The molecule has 3 nitrogen and oxygen atoms in total. The maximum Gasteiger partial charge on any atom is 0.221 e. The fraction of sp³-hybridized carbons (Fsp3) is 0.133. The monoisotopic (exact) mass is 352 g/mol. The maximum absolute atomic E-state index is 10.9. The molecular formula is C15H14BrClN2O. The molecule has 0 radical (unpaired) electrons. The minimum atomic E-state index is -0.0691. The summed E-state index contributed by atoms with van der Waals surface area (Å²) in [5.41, 5.74) is 2.88. The summed E-state index contributed by atoms with van der Waals surface area (Å²) in [5, 5.41) is 6.71. The number of amides is 1. The Morgan fingerprint density at radius 2 is 1.80 bits per heavy atom. The first-order valence-electron chi connectivity index (χ1n) is 6.10. The highest BCUT2D eigenvalue weighted by Crippen LogP contribution is 2.25. The number of carbonyl (C=O) groups excluding carboxylic acids is 1. The summed E-state index contributed by atoms with van der Waals surface area (Å²) in [6, 6.07) is 13.4. The molecule has 0 saturated heterocycles. The van der Waals surface area contributed by atoms with Gasteiger partial charge in [-0.2, -0.15) is 0 Å². The highest BCUT2D eigenvalue weighted by Gasteiger charge is 2.00. The first-order chi connectivity index (χ1) is 9.54. The molecular weight excluding hydrogens is 340 g/mol. The fourth-order valence-electron chi connectivity index (χ4n) is 1.72. The first kappa shape index (κ1) is 14.9. The number of benzene rings is 2. The van der Waals surface area contributed by atoms with E-state index in [4.69, 9.17) is 11.6 Å². The standard InChI is InChI=1S/C15H14BrClN2O/c1-10(20)19-12-4-2-11(3-5-12)9-18-13-6-7-14(16)15(17)8-13/h2-8,18H,9H2,1H3,(H,19,20). The molecule has 0 aliphatic carbocycles. The van der Waals surface area contributed by atoms with Gasteiger partial charge in [0.25, 0.3) is 0 Å². The maximum atomic E-state index is 10.9. The summed E-state index contributed by atoms with van der Waals surface area (Å²) in [6.07, 6.45) is 0. The van der Waals surface area contributed by atoms with Gasteiger partial charge in [-0.15, -0.1) is 0 Å². The van der Waals surface area contributed by atoms with Crippen molar-refractivity contribution in [2.75, 3.05) is 10.6 Å². The summed E-state index contributed by atoms with van der Waals surface area (Å²) >= 11 is 9.40. The van der Waals surface area contributed by atoms with Crippen LogP contribution in [-0.2, 0) is 11.3 Å². The molecule has 0 spiro atoms. The van der Waals surface area contributed by atoms with Crippen LogP contribution in [0.4, 0.5) is 11.4 Å². The Balaban J connectivity index is 1.96. The van der Waals surface area contributed by atoms with Crippen LogP contribution in [0.1, 0.15) is 12.5 Å². The molecule has 0 unspecified atom stereocenters. The van der Waals surface area contributed by atoms with Crippen molar-refractivity contribution in [2.45, 2.75) is 13.5 Å². The molecule has 0 heterocycles. The van der Waals surface area contributed by atoms with E-state index in [0.717, 1.165) is 21.4 Å². The summed E-state index contributed by atoms with van der Waals surface area (Å²) in [4.78, 5) is 10.9. The Morgan fingerprint density at radius 1 is 1.15 bits per heavy atom. The molecule has 0 bridgehead atoms. The lowest BCUT2D eigenvalue weighted by Crippen LogP contribution is -2.06. The third-order valence-electron chi connectivity index (χ3n) is 2.69. The van der Waals surface area contributed by atoms with E-state index in [0.29, 0.717) is 11.6 Å². The molecule has 0 aromatic heterocycles. The molecule has 2 aromatic rings. The fourth-order valence-corrected chi connectivity index (χ4v) is 2.15. The van der Waals surface area contributed by atoms with Crippen LogP contribution in [0.5, 0.6) is 0 Å². The van der Waals surface area contributed by atoms with Crippen molar-refractivity contribution >= 4 is 44.8 Å². The Morgan fingerprint density at radius 3 is 2.40 bits per heavy atom. The molecule has 0 atom stereocenters. The number of anilines is 2. The van der Waals surface area contributed by atoms with Gasteiger partial charge in [-0.25, -0.2) is 0 Å². The van der Waals surface area contributed by atoms with E-state index in [-0.39, 0.29) is 5.91 Å². The third kappa shape index (κ3) is 4.25. The predicted molar refractivity (Wildman–Crippen MR) is 87.2 cm³/mol. The normalized spacial score (nSPS) is 10.2. The molecule has 0 fully saturated rings. The third-order valence-corrected chi connectivity index (χ3v) is 3.92. The average molecular weight is 354 g/mol. The number of halogens is 2. The lowest BCUT2D eigenvalue weighted by molar-refractivity contribution is -0.114. The van der Waals surface area contributed by atoms with Gasteiger partial charge in [-0.05, 0) is 51.8 Å². The van der Waals surface area contributed by atoms with Crippen molar-refractivity contribution < 1.29 is 4.79 Å². The van der Waals surface area contributed by atoms with Crippen LogP contribution in [0, 0.1) is 0 Å². The van der Waals surface area contributed by atoms with Gasteiger partial charge < -0.3 is 10.6 Å². The molecule has 20 heavy (non-hydrogen) atoms. The van der Waals surface area contributed by atoms with Gasteiger partial charge in [-0.1, -0.05) is 23.7 Å². The SMILES string of the molecule is CC(=O)Nc1ccc(CNc2ccc(Br)c(Cl)c2)cc1. The average Bonchev–Trinajstić information content (AvgIpc) is 2.41. The van der Waals surface area contributed by atoms with Gasteiger partial charge in [0, 0.05) is 29.3 Å². The Hall–Kier alpha value is -1.52. The van der Waals surface area contributed by atoms with Crippen LogP contribution < -0.4 is 10.6 Å². The van der Waals surface area contributed by atoms with Crippen molar-refractivity contribution in [3.05, 3.63) is 57.5 Å². The van der Waals surface area contributed by atoms with Crippen LogP contribution >= 0.6 is 27.5 Å². The molecule has 0 aliphatic rings. The number of nitrogens with one attached hydrogen (secondary N) is 2. The van der Waals surface area contributed by atoms with Crippen molar-refractivity contribution in [1.29, 1.82) is 0 Å². The zero-order valence-corrected chi connectivity index (χ0v) is 13.3. The highest BCUT2D eigenvalue weighted by molar-refractivity contribution is 9.10. The smallest absolute Gasteiger partial charge is 0.221 e. The molecule has 1 amide bonds. The molecule has 0 aliphatic heterocycles. The minimum absolute atomic E-state index is 0.0691. The van der Waals surface area contributed by atoms with E-state index < -0.39 is 0 Å².